The molecule has 1 atom stereocenters. The number of sulfone groups is 1. The largest absolute Gasteiger partial charge is 0.323 e. The highest BCUT2D eigenvalue weighted by molar-refractivity contribution is 7.92. The van der Waals surface area contributed by atoms with E-state index in [2.05, 4.69) is 5.10 Å². The quantitative estimate of drug-likeness (QED) is 0.808. The lowest BCUT2D eigenvalue weighted by Crippen LogP contribution is -2.42. The molecule has 15 heavy (non-hydrogen) atoms. The maximum absolute atomic E-state index is 11.6. The van der Waals surface area contributed by atoms with Gasteiger partial charge in [0.25, 0.3) is 0 Å². The summed E-state index contributed by atoms with van der Waals surface area (Å²) in [5.41, 5.74) is 6.67. The van der Waals surface area contributed by atoms with Crippen LogP contribution in [0.1, 0.15) is 25.5 Å². The summed E-state index contributed by atoms with van der Waals surface area (Å²) in [5.74, 6) is 0. The Bertz CT molecular complexity index is 448. The van der Waals surface area contributed by atoms with E-state index in [1.165, 1.54) is 6.26 Å². The normalized spacial score (nSPS) is 15.3. The van der Waals surface area contributed by atoms with Crippen LogP contribution >= 0.6 is 0 Å². The highest BCUT2D eigenvalue weighted by atomic mass is 32.2. The second kappa shape index (κ2) is 3.61. The van der Waals surface area contributed by atoms with Crippen molar-refractivity contribution >= 4 is 9.84 Å². The Morgan fingerprint density at radius 1 is 1.53 bits per heavy atom. The smallest absolute Gasteiger partial charge is 0.154 e. The third-order valence-electron chi connectivity index (χ3n) is 2.79. The zero-order valence-electron chi connectivity index (χ0n) is 9.43. The standard InChI is InChI=1S/C9H17N3O2S/c1-9(2,15(4,13)14)8(10)7-5-11-12(3)6-7/h5-6,8H,10H2,1-4H3. The maximum atomic E-state index is 11.6. The van der Waals surface area contributed by atoms with Crippen molar-refractivity contribution in [3.05, 3.63) is 18.0 Å². The van der Waals surface area contributed by atoms with Gasteiger partial charge in [0.15, 0.2) is 9.84 Å². The van der Waals surface area contributed by atoms with E-state index in [0.29, 0.717) is 0 Å². The molecule has 1 aromatic rings. The van der Waals surface area contributed by atoms with Gasteiger partial charge in [0.1, 0.15) is 0 Å². The van der Waals surface area contributed by atoms with Gasteiger partial charge in [0, 0.05) is 25.1 Å². The third-order valence-corrected chi connectivity index (χ3v) is 4.95. The minimum Gasteiger partial charge on any atom is -0.323 e. The van der Waals surface area contributed by atoms with Crippen molar-refractivity contribution in [2.75, 3.05) is 6.26 Å². The summed E-state index contributed by atoms with van der Waals surface area (Å²) in [5, 5.41) is 3.98. The van der Waals surface area contributed by atoms with Gasteiger partial charge in [-0.25, -0.2) is 8.42 Å². The van der Waals surface area contributed by atoms with Crippen molar-refractivity contribution in [1.82, 2.24) is 9.78 Å². The Morgan fingerprint density at radius 3 is 2.40 bits per heavy atom. The summed E-state index contributed by atoms with van der Waals surface area (Å²) in [4.78, 5) is 0. The Hall–Kier alpha value is -0.880. The lowest BCUT2D eigenvalue weighted by atomic mass is 9.99. The van der Waals surface area contributed by atoms with E-state index in [1.807, 2.05) is 0 Å². The van der Waals surface area contributed by atoms with Crippen molar-refractivity contribution in [2.45, 2.75) is 24.6 Å². The van der Waals surface area contributed by atoms with Crippen molar-refractivity contribution < 1.29 is 8.42 Å². The molecule has 0 aliphatic carbocycles. The number of nitrogens with two attached hydrogens (primary N) is 1. The molecule has 6 heteroatoms. The molecule has 1 aromatic heterocycles. The van der Waals surface area contributed by atoms with Gasteiger partial charge in [-0.3, -0.25) is 4.68 Å². The predicted octanol–water partition coefficient (Wildman–Crippen LogP) is 0.243. The first kappa shape index (κ1) is 12.2. The van der Waals surface area contributed by atoms with Crippen LogP contribution in [0.25, 0.3) is 0 Å². The summed E-state index contributed by atoms with van der Waals surface area (Å²) < 4.78 is 23.7. The SMILES string of the molecule is Cn1cc(C(N)C(C)(C)S(C)(=O)=O)cn1. The van der Waals surface area contributed by atoms with Crippen molar-refractivity contribution in [3.8, 4) is 0 Å². The monoisotopic (exact) mass is 231 g/mol. The van der Waals surface area contributed by atoms with Gasteiger partial charge in [-0.05, 0) is 13.8 Å². The van der Waals surface area contributed by atoms with E-state index in [0.717, 1.165) is 5.56 Å². The number of hydrogen-bond donors (Lipinski definition) is 1. The summed E-state index contributed by atoms with van der Waals surface area (Å²) in [6.07, 6.45) is 4.53. The van der Waals surface area contributed by atoms with Gasteiger partial charge in [-0.2, -0.15) is 5.10 Å². The summed E-state index contributed by atoms with van der Waals surface area (Å²) in [7, 11) is -1.43. The minimum atomic E-state index is -3.20. The van der Waals surface area contributed by atoms with E-state index in [1.54, 1.807) is 38.0 Å². The van der Waals surface area contributed by atoms with Gasteiger partial charge in [-0.1, -0.05) is 0 Å². The first-order valence-electron chi connectivity index (χ1n) is 4.60. The van der Waals surface area contributed by atoms with Crippen LogP contribution in [0.2, 0.25) is 0 Å². The van der Waals surface area contributed by atoms with Crippen LogP contribution in [0.15, 0.2) is 12.4 Å². The molecule has 1 heterocycles. The zero-order chi connectivity index (χ0) is 11.9. The summed E-state index contributed by atoms with van der Waals surface area (Å²) >= 11 is 0. The molecule has 0 radical (unpaired) electrons. The van der Waals surface area contributed by atoms with E-state index in [4.69, 9.17) is 5.73 Å². The van der Waals surface area contributed by atoms with Crippen LogP contribution in [-0.2, 0) is 16.9 Å². The molecule has 2 N–H and O–H groups in total. The molecular formula is C9H17N3O2S. The first-order valence-corrected chi connectivity index (χ1v) is 6.49. The molecule has 0 fully saturated rings. The highest BCUT2D eigenvalue weighted by Crippen LogP contribution is 2.29. The lowest BCUT2D eigenvalue weighted by molar-refractivity contribution is 0.496. The molecule has 0 saturated heterocycles. The van der Waals surface area contributed by atoms with Gasteiger partial charge >= 0.3 is 0 Å². The van der Waals surface area contributed by atoms with Crippen molar-refractivity contribution in [3.63, 3.8) is 0 Å². The van der Waals surface area contributed by atoms with Crippen LogP contribution in [0.5, 0.6) is 0 Å². The van der Waals surface area contributed by atoms with Crippen LogP contribution in [0.4, 0.5) is 0 Å². The fourth-order valence-corrected chi connectivity index (χ4v) is 1.83. The van der Waals surface area contributed by atoms with Gasteiger partial charge in [-0.15, -0.1) is 0 Å². The van der Waals surface area contributed by atoms with Crippen molar-refractivity contribution in [1.29, 1.82) is 0 Å². The Morgan fingerprint density at radius 2 is 2.07 bits per heavy atom. The van der Waals surface area contributed by atoms with E-state index in [-0.39, 0.29) is 0 Å². The molecular weight excluding hydrogens is 214 g/mol. The van der Waals surface area contributed by atoms with E-state index >= 15 is 0 Å². The molecule has 86 valence electrons. The number of aromatic nitrogens is 2. The fraction of sp³-hybridized carbons (Fsp3) is 0.667. The van der Waals surface area contributed by atoms with Crippen molar-refractivity contribution in [2.24, 2.45) is 12.8 Å². The second-order valence-electron chi connectivity index (χ2n) is 4.30. The molecule has 0 amide bonds. The molecule has 0 aromatic carbocycles. The van der Waals surface area contributed by atoms with Crippen LogP contribution < -0.4 is 5.73 Å². The average Bonchev–Trinajstić information content (AvgIpc) is 2.48. The lowest BCUT2D eigenvalue weighted by Gasteiger charge is -2.28. The van der Waals surface area contributed by atoms with E-state index < -0.39 is 20.6 Å². The Labute approximate surface area is 90.2 Å². The summed E-state index contributed by atoms with van der Waals surface area (Å²) in [6.45, 7) is 3.25. The highest BCUT2D eigenvalue weighted by Gasteiger charge is 2.38. The molecule has 1 unspecified atom stereocenters. The van der Waals surface area contributed by atoms with Crippen LogP contribution in [0, 0.1) is 0 Å². The second-order valence-corrected chi connectivity index (χ2v) is 6.90. The number of rotatable bonds is 3. The van der Waals surface area contributed by atoms with Gasteiger partial charge in [0.05, 0.1) is 17.0 Å². The predicted molar refractivity (Wildman–Crippen MR) is 59.1 cm³/mol. The molecule has 5 nitrogen and oxygen atoms in total. The summed E-state index contributed by atoms with van der Waals surface area (Å²) in [6, 6.07) is -0.568. The fourth-order valence-electron chi connectivity index (χ4n) is 1.23. The zero-order valence-corrected chi connectivity index (χ0v) is 10.2. The molecule has 0 aliphatic heterocycles. The average molecular weight is 231 g/mol. The molecule has 0 bridgehead atoms. The van der Waals surface area contributed by atoms with Gasteiger partial charge < -0.3 is 5.73 Å². The maximum Gasteiger partial charge on any atom is 0.154 e. The van der Waals surface area contributed by atoms with Crippen LogP contribution in [0.3, 0.4) is 0 Å². The number of hydrogen-bond acceptors (Lipinski definition) is 4. The number of nitrogens with zero attached hydrogens (tertiary/aromatic N) is 2. The Balaban J connectivity index is 3.10. The van der Waals surface area contributed by atoms with E-state index in [9.17, 15) is 8.42 Å². The van der Waals surface area contributed by atoms with Crippen LogP contribution in [-0.4, -0.2) is 29.2 Å². The topological polar surface area (TPSA) is 78.0 Å². The molecule has 0 aliphatic rings. The molecule has 0 spiro atoms. The molecule has 0 saturated carbocycles. The molecule has 1 rings (SSSR count). The number of aryl methyl sites for hydroxylation is 1. The minimum absolute atomic E-state index is 0.568. The first-order chi connectivity index (χ1) is 6.66. The third kappa shape index (κ3) is 2.21. The van der Waals surface area contributed by atoms with Gasteiger partial charge in [0.2, 0.25) is 0 Å². The Kier molecular flexibility index (Phi) is 2.93.